The van der Waals surface area contributed by atoms with E-state index in [0.29, 0.717) is 25.2 Å². The fourth-order valence-electron chi connectivity index (χ4n) is 6.01. The Kier molecular flexibility index (Phi) is 3.90. The Morgan fingerprint density at radius 3 is 2.75 bits per heavy atom. The molecule has 136 valence electrons. The van der Waals surface area contributed by atoms with Crippen molar-refractivity contribution in [2.75, 3.05) is 20.2 Å². The van der Waals surface area contributed by atoms with Crippen molar-refractivity contribution in [1.82, 2.24) is 0 Å². The summed E-state index contributed by atoms with van der Waals surface area (Å²) in [5.41, 5.74) is 1.14. The summed E-state index contributed by atoms with van der Waals surface area (Å²) in [6.45, 7) is 0.259. The quantitative estimate of drug-likeness (QED) is 0.458. The maximum absolute atomic E-state index is 11.8. The van der Waals surface area contributed by atoms with Crippen molar-refractivity contribution < 1.29 is 27.2 Å². The molecule has 4 rings (SSSR count). The van der Waals surface area contributed by atoms with E-state index >= 15 is 0 Å². The largest absolute Gasteiger partial charge is 0.389 e. The molecule has 1 N–H and O–H groups in total. The zero-order chi connectivity index (χ0) is 17.2. The maximum atomic E-state index is 11.8. The van der Waals surface area contributed by atoms with Crippen molar-refractivity contribution >= 4 is 10.1 Å². The summed E-state index contributed by atoms with van der Waals surface area (Å²) in [4.78, 5) is 0. The van der Waals surface area contributed by atoms with Crippen molar-refractivity contribution in [2.24, 2.45) is 11.3 Å². The summed E-state index contributed by atoms with van der Waals surface area (Å²) in [5.74, 6) is 0.373. The highest BCUT2D eigenvalue weighted by molar-refractivity contribution is 7.86. The molecule has 0 aromatic carbocycles. The fourth-order valence-corrected chi connectivity index (χ4v) is 6.69. The Morgan fingerprint density at radius 1 is 1.25 bits per heavy atom. The smallest absolute Gasteiger partial charge is 0.264 e. The average molecular weight is 358 g/mol. The van der Waals surface area contributed by atoms with Gasteiger partial charge in [0.25, 0.3) is 10.1 Å². The van der Waals surface area contributed by atoms with Gasteiger partial charge in [-0.15, -0.1) is 0 Å². The number of ether oxygens (including phenoxy) is 2. The molecular weight excluding hydrogens is 332 g/mol. The first-order valence-corrected chi connectivity index (χ1v) is 10.6. The Balaban J connectivity index is 1.76. The molecule has 0 amide bonds. The number of aliphatic hydroxyl groups is 1. The van der Waals surface area contributed by atoms with Crippen LogP contribution < -0.4 is 0 Å². The van der Waals surface area contributed by atoms with E-state index in [1.165, 1.54) is 11.1 Å². The van der Waals surface area contributed by atoms with Crippen molar-refractivity contribution in [2.45, 2.75) is 62.8 Å². The second-order valence-electron chi connectivity index (χ2n) is 7.80. The van der Waals surface area contributed by atoms with E-state index in [0.717, 1.165) is 31.9 Å². The Morgan fingerprint density at radius 2 is 2.04 bits per heavy atom. The van der Waals surface area contributed by atoms with Crippen molar-refractivity contribution in [3.63, 3.8) is 0 Å². The minimum atomic E-state index is -3.56. The van der Waals surface area contributed by atoms with Crippen LogP contribution in [0.15, 0.2) is 11.1 Å². The topological polar surface area (TPSA) is 82.1 Å². The molecule has 6 nitrogen and oxygen atoms in total. The van der Waals surface area contributed by atoms with Gasteiger partial charge in [0.05, 0.1) is 24.1 Å². The van der Waals surface area contributed by atoms with E-state index < -0.39 is 27.2 Å². The Labute approximate surface area is 143 Å². The molecule has 5 atom stereocenters. The van der Waals surface area contributed by atoms with Gasteiger partial charge in [-0.1, -0.05) is 5.57 Å². The van der Waals surface area contributed by atoms with E-state index in [9.17, 15) is 13.5 Å². The molecule has 7 heteroatoms. The molecule has 0 heterocycles. The molecule has 0 radical (unpaired) electrons. The van der Waals surface area contributed by atoms with Gasteiger partial charge in [-0.25, -0.2) is 0 Å². The van der Waals surface area contributed by atoms with E-state index in [1.807, 2.05) is 0 Å². The zero-order valence-corrected chi connectivity index (χ0v) is 15.1. The van der Waals surface area contributed by atoms with E-state index in [1.54, 1.807) is 7.11 Å². The summed E-state index contributed by atoms with van der Waals surface area (Å²) in [5, 5.41) is 11.4. The molecule has 0 unspecified atom stereocenters. The first kappa shape index (κ1) is 17.0. The number of hydrogen-bond acceptors (Lipinski definition) is 6. The van der Waals surface area contributed by atoms with Crippen LogP contribution in [0.3, 0.4) is 0 Å². The van der Waals surface area contributed by atoms with Gasteiger partial charge in [-0.05, 0) is 56.4 Å². The molecule has 4 aliphatic carbocycles. The number of methoxy groups -OCH3 is 1. The lowest BCUT2D eigenvalue weighted by molar-refractivity contribution is -0.0874. The maximum Gasteiger partial charge on any atom is 0.264 e. The van der Waals surface area contributed by atoms with E-state index in [2.05, 4.69) is 0 Å². The molecule has 0 aliphatic heterocycles. The lowest BCUT2D eigenvalue weighted by Crippen LogP contribution is -2.52. The third-order valence-electron chi connectivity index (χ3n) is 6.70. The summed E-state index contributed by atoms with van der Waals surface area (Å²) < 4.78 is 40.0. The second kappa shape index (κ2) is 5.51. The van der Waals surface area contributed by atoms with Crippen LogP contribution in [0.2, 0.25) is 0 Å². The second-order valence-corrected chi connectivity index (χ2v) is 9.40. The summed E-state index contributed by atoms with van der Waals surface area (Å²) in [6, 6.07) is 0. The van der Waals surface area contributed by atoms with Gasteiger partial charge in [0.15, 0.2) is 0 Å². The van der Waals surface area contributed by atoms with E-state index in [-0.39, 0.29) is 12.9 Å². The zero-order valence-electron chi connectivity index (χ0n) is 14.3. The monoisotopic (exact) mass is 358 g/mol. The number of hydrogen-bond donors (Lipinski definition) is 1. The van der Waals surface area contributed by atoms with Gasteiger partial charge in [-0.3, -0.25) is 4.18 Å². The van der Waals surface area contributed by atoms with Crippen LogP contribution >= 0.6 is 0 Å². The van der Waals surface area contributed by atoms with Crippen molar-refractivity contribution in [3.8, 4) is 0 Å². The van der Waals surface area contributed by atoms with Crippen molar-refractivity contribution in [1.29, 1.82) is 0 Å². The molecule has 0 bridgehead atoms. The lowest BCUT2D eigenvalue weighted by atomic mass is 9.62. The standard InChI is InChI=1S/C17H26O6S/c1-21-10-22-13-9-11-3-8-17-14(23-24(2,19)20)5-7-16(17,18)6-4-12(13)15(11)17/h11,13-14,18H,3-10H2,1-2H3/t11-,13+,14-,16-,17+/m0/s1. The summed E-state index contributed by atoms with van der Waals surface area (Å²) in [6.07, 6.45) is 6.07. The van der Waals surface area contributed by atoms with Crippen LogP contribution in [-0.4, -0.2) is 51.5 Å². The highest BCUT2D eigenvalue weighted by Crippen LogP contribution is 2.69. The minimum Gasteiger partial charge on any atom is -0.389 e. The van der Waals surface area contributed by atoms with Crippen LogP contribution in [0.4, 0.5) is 0 Å². The SMILES string of the molecule is COCO[C@@H]1C[C@@H]2CC[C@@]34C2=C1CC[C@]3(O)CC[C@@H]4OS(C)(=O)=O. The highest BCUT2D eigenvalue weighted by Gasteiger charge is 2.69. The van der Waals surface area contributed by atoms with Crippen molar-refractivity contribution in [3.05, 3.63) is 11.1 Å². The van der Waals surface area contributed by atoms with Gasteiger partial charge >= 0.3 is 0 Å². The van der Waals surface area contributed by atoms with Gasteiger partial charge in [0, 0.05) is 12.5 Å². The summed E-state index contributed by atoms with van der Waals surface area (Å²) >= 11 is 0. The van der Waals surface area contributed by atoms with Crippen LogP contribution in [0, 0.1) is 11.3 Å². The van der Waals surface area contributed by atoms with Gasteiger partial charge in [-0.2, -0.15) is 8.42 Å². The molecule has 2 saturated carbocycles. The predicted molar refractivity (Wildman–Crippen MR) is 86.7 cm³/mol. The van der Waals surface area contributed by atoms with E-state index in [4.69, 9.17) is 13.7 Å². The molecule has 4 aliphatic rings. The van der Waals surface area contributed by atoms with Gasteiger partial charge in [0.1, 0.15) is 6.79 Å². The predicted octanol–water partition coefficient (Wildman–Crippen LogP) is 1.74. The van der Waals surface area contributed by atoms with Gasteiger partial charge in [0.2, 0.25) is 0 Å². The highest BCUT2D eigenvalue weighted by atomic mass is 32.2. The molecule has 1 spiro atoms. The third-order valence-corrected chi connectivity index (χ3v) is 7.28. The van der Waals surface area contributed by atoms with Gasteiger partial charge < -0.3 is 14.6 Å². The molecule has 0 aromatic rings. The molecule has 0 saturated heterocycles. The Bertz CT molecular complexity index is 671. The number of rotatable bonds is 5. The first-order chi connectivity index (χ1) is 11.3. The van der Waals surface area contributed by atoms with Crippen LogP contribution in [-0.2, 0) is 23.8 Å². The molecular formula is C17H26O6S. The van der Waals surface area contributed by atoms with Crippen LogP contribution in [0.25, 0.3) is 0 Å². The first-order valence-electron chi connectivity index (χ1n) is 8.75. The van der Waals surface area contributed by atoms with Crippen LogP contribution in [0.1, 0.15) is 44.9 Å². The van der Waals surface area contributed by atoms with Crippen LogP contribution in [0.5, 0.6) is 0 Å². The normalized spacial score (nSPS) is 44.0. The summed E-state index contributed by atoms with van der Waals surface area (Å²) in [7, 11) is -1.94. The minimum absolute atomic E-state index is 0.0335. The average Bonchev–Trinajstić information content (AvgIpc) is 3.12. The molecule has 2 fully saturated rings. The molecule has 24 heavy (non-hydrogen) atoms. The fraction of sp³-hybridized carbons (Fsp3) is 0.882. The lowest BCUT2D eigenvalue weighted by Gasteiger charge is -2.47. The Hall–Kier alpha value is -0.470. The third kappa shape index (κ3) is 2.25. The molecule has 0 aromatic heterocycles.